The van der Waals surface area contributed by atoms with E-state index in [-0.39, 0.29) is 11.5 Å². The zero-order valence-corrected chi connectivity index (χ0v) is 20.1. The lowest BCUT2D eigenvalue weighted by Crippen LogP contribution is -2.43. The number of rotatable bonds is 14. The first kappa shape index (κ1) is 26.1. The predicted octanol–water partition coefficient (Wildman–Crippen LogP) is 2.86. The highest BCUT2D eigenvalue weighted by atomic mass is 16.5. The van der Waals surface area contributed by atoms with Crippen LogP contribution in [0, 0.1) is 0 Å². The van der Waals surface area contributed by atoms with Crippen LogP contribution in [0.2, 0.25) is 0 Å². The molecule has 0 aliphatic carbocycles. The molecular formula is C24H40N4O4. The Morgan fingerprint density at radius 3 is 2.75 bits per heavy atom. The van der Waals surface area contributed by atoms with E-state index < -0.39 is 12.0 Å². The highest BCUT2D eigenvalue weighted by molar-refractivity contribution is 5.82. The summed E-state index contributed by atoms with van der Waals surface area (Å²) in [7, 11) is 1.71. The van der Waals surface area contributed by atoms with Gasteiger partial charge in [0.2, 0.25) is 5.91 Å². The van der Waals surface area contributed by atoms with Crippen molar-refractivity contribution in [3.63, 3.8) is 0 Å². The maximum Gasteiger partial charge on any atom is 0.326 e. The van der Waals surface area contributed by atoms with Gasteiger partial charge in [-0.05, 0) is 77.0 Å². The first-order chi connectivity index (χ1) is 15.2. The molecule has 1 unspecified atom stereocenters. The van der Waals surface area contributed by atoms with Crippen molar-refractivity contribution in [3.8, 4) is 0 Å². The fraction of sp³-hybridized carbons (Fsp3) is 0.708. The molecule has 0 radical (unpaired) electrons. The van der Waals surface area contributed by atoms with E-state index in [1.807, 2.05) is 0 Å². The molecule has 1 aliphatic heterocycles. The molecule has 1 atom stereocenters. The number of carbonyl (C=O) groups is 2. The van der Waals surface area contributed by atoms with Gasteiger partial charge in [-0.15, -0.1) is 0 Å². The molecule has 8 heteroatoms. The fourth-order valence-corrected chi connectivity index (χ4v) is 3.83. The van der Waals surface area contributed by atoms with Crippen molar-refractivity contribution in [2.45, 2.75) is 77.4 Å². The number of pyridine rings is 1. The molecule has 0 bridgehead atoms. The summed E-state index contributed by atoms with van der Waals surface area (Å²) in [6, 6.07) is 3.46. The molecular weight excluding hydrogens is 408 g/mol. The van der Waals surface area contributed by atoms with Gasteiger partial charge in [-0.25, -0.2) is 9.78 Å². The van der Waals surface area contributed by atoms with Crippen molar-refractivity contribution in [1.82, 2.24) is 15.2 Å². The number of aryl methyl sites for hydroxylation is 2. The van der Waals surface area contributed by atoms with Crippen molar-refractivity contribution in [2.75, 3.05) is 38.6 Å². The van der Waals surface area contributed by atoms with Crippen LogP contribution >= 0.6 is 0 Å². The molecule has 0 aromatic carbocycles. The lowest BCUT2D eigenvalue weighted by molar-refractivity contribution is -0.141. The summed E-state index contributed by atoms with van der Waals surface area (Å²) in [6.07, 6.45) is 6.42. The van der Waals surface area contributed by atoms with Crippen molar-refractivity contribution in [3.05, 3.63) is 23.4 Å². The quantitative estimate of drug-likeness (QED) is 0.376. The molecule has 1 aliphatic rings. The van der Waals surface area contributed by atoms with Crippen molar-refractivity contribution in [1.29, 1.82) is 0 Å². The molecule has 0 fully saturated rings. The van der Waals surface area contributed by atoms with Gasteiger partial charge in [-0.3, -0.25) is 4.79 Å². The van der Waals surface area contributed by atoms with E-state index in [2.05, 4.69) is 41.5 Å². The molecule has 1 amide bonds. The third-order valence-corrected chi connectivity index (χ3v) is 6.10. The minimum absolute atomic E-state index is 0.234. The van der Waals surface area contributed by atoms with E-state index in [1.165, 1.54) is 12.5 Å². The van der Waals surface area contributed by atoms with Gasteiger partial charge in [-0.1, -0.05) is 6.07 Å². The number of hydrogen-bond acceptors (Lipinski definition) is 6. The maximum absolute atomic E-state index is 11.5. The average Bonchev–Trinajstić information content (AvgIpc) is 2.76. The van der Waals surface area contributed by atoms with Crippen LogP contribution in [0.25, 0.3) is 0 Å². The molecule has 2 heterocycles. The summed E-state index contributed by atoms with van der Waals surface area (Å²) in [5, 5.41) is 15.3. The lowest BCUT2D eigenvalue weighted by Gasteiger charge is -2.29. The zero-order chi connectivity index (χ0) is 23.6. The SMILES string of the molecule is COC(C)(C)CCN(CCCCc1ccc2c(n1)NCCC2)CCC(NC(C)=O)C(=O)O. The van der Waals surface area contributed by atoms with Gasteiger partial charge in [0, 0.05) is 39.4 Å². The standard InChI is InChI=1S/C24H40N4O4/c1-18(29)26-21(23(30)31)12-16-28(17-13-24(2,3)32-4)15-6-5-9-20-11-10-19-8-7-14-25-22(19)27-20/h10-11,21H,5-9,12-17H2,1-4H3,(H,25,27)(H,26,29)(H,30,31). The first-order valence-electron chi connectivity index (χ1n) is 11.7. The molecule has 1 aromatic rings. The Balaban J connectivity index is 1.86. The van der Waals surface area contributed by atoms with Gasteiger partial charge < -0.3 is 25.4 Å². The van der Waals surface area contributed by atoms with Crippen LogP contribution in [0.5, 0.6) is 0 Å². The number of carboxylic acid groups (broad SMARTS) is 1. The molecule has 8 nitrogen and oxygen atoms in total. The number of methoxy groups -OCH3 is 1. The van der Waals surface area contributed by atoms with E-state index in [0.29, 0.717) is 13.0 Å². The molecule has 2 rings (SSSR count). The second-order valence-corrected chi connectivity index (χ2v) is 9.23. The largest absolute Gasteiger partial charge is 0.480 e. The van der Waals surface area contributed by atoms with E-state index in [4.69, 9.17) is 9.72 Å². The maximum atomic E-state index is 11.5. The van der Waals surface area contributed by atoms with Crippen LogP contribution in [0.15, 0.2) is 12.1 Å². The van der Waals surface area contributed by atoms with Crippen molar-refractivity contribution < 1.29 is 19.4 Å². The molecule has 0 saturated carbocycles. The van der Waals surface area contributed by atoms with E-state index in [0.717, 1.165) is 69.7 Å². The summed E-state index contributed by atoms with van der Waals surface area (Å²) in [5.74, 6) is -0.282. The zero-order valence-electron chi connectivity index (χ0n) is 20.1. The smallest absolute Gasteiger partial charge is 0.326 e. The number of aliphatic carboxylic acids is 1. The minimum Gasteiger partial charge on any atom is -0.480 e. The molecule has 0 spiro atoms. The van der Waals surface area contributed by atoms with Crippen LogP contribution in [-0.2, 0) is 27.2 Å². The molecule has 0 saturated heterocycles. The monoisotopic (exact) mass is 448 g/mol. The Hall–Kier alpha value is -2.19. The summed E-state index contributed by atoms with van der Waals surface area (Å²) >= 11 is 0. The summed E-state index contributed by atoms with van der Waals surface area (Å²) in [4.78, 5) is 29.8. The summed E-state index contributed by atoms with van der Waals surface area (Å²) in [6.45, 7) is 8.74. The van der Waals surface area contributed by atoms with Gasteiger partial charge in [0.25, 0.3) is 0 Å². The van der Waals surface area contributed by atoms with Crippen LogP contribution in [0.3, 0.4) is 0 Å². The third kappa shape index (κ3) is 9.12. The topological polar surface area (TPSA) is 104 Å². The summed E-state index contributed by atoms with van der Waals surface area (Å²) in [5.41, 5.74) is 2.18. The number of amides is 1. The minimum atomic E-state index is -0.996. The van der Waals surface area contributed by atoms with Crippen molar-refractivity contribution >= 4 is 17.7 Å². The number of fused-ring (bicyclic) bond motifs is 1. The van der Waals surface area contributed by atoms with E-state index >= 15 is 0 Å². The molecule has 1 aromatic heterocycles. The van der Waals surface area contributed by atoms with E-state index in [1.54, 1.807) is 7.11 Å². The highest BCUT2D eigenvalue weighted by Gasteiger charge is 2.22. The van der Waals surface area contributed by atoms with Crippen molar-refractivity contribution in [2.24, 2.45) is 0 Å². The van der Waals surface area contributed by atoms with Gasteiger partial charge in [0.05, 0.1) is 5.60 Å². The van der Waals surface area contributed by atoms with Crippen LogP contribution < -0.4 is 10.6 Å². The van der Waals surface area contributed by atoms with Gasteiger partial charge in [-0.2, -0.15) is 0 Å². The van der Waals surface area contributed by atoms with Gasteiger partial charge >= 0.3 is 5.97 Å². The van der Waals surface area contributed by atoms with Crippen LogP contribution in [0.1, 0.15) is 64.1 Å². The Bertz CT molecular complexity index is 754. The second kappa shape index (κ2) is 12.7. The van der Waals surface area contributed by atoms with E-state index in [9.17, 15) is 14.7 Å². The number of carbonyl (C=O) groups excluding carboxylic acids is 1. The Morgan fingerprint density at radius 1 is 1.28 bits per heavy atom. The third-order valence-electron chi connectivity index (χ3n) is 6.10. The fourth-order valence-electron chi connectivity index (χ4n) is 3.83. The number of hydrogen-bond donors (Lipinski definition) is 3. The second-order valence-electron chi connectivity index (χ2n) is 9.23. The Labute approximate surface area is 192 Å². The molecule has 180 valence electrons. The van der Waals surface area contributed by atoms with Crippen LogP contribution in [-0.4, -0.2) is 71.8 Å². The normalized spacial score (nSPS) is 14.5. The summed E-state index contributed by atoms with van der Waals surface area (Å²) < 4.78 is 5.54. The van der Waals surface area contributed by atoms with Crippen LogP contribution in [0.4, 0.5) is 5.82 Å². The number of unbranched alkanes of at least 4 members (excludes halogenated alkanes) is 1. The highest BCUT2D eigenvalue weighted by Crippen LogP contribution is 2.20. The lowest BCUT2D eigenvalue weighted by atomic mass is 10.0. The average molecular weight is 449 g/mol. The molecule has 3 N–H and O–H groups in total. The first-order valence-corrected chi connectivity index (χ1v) is 11.7. The molecule has 32 heavy (non-hydrogen) atoms. The number of anilines is 1. The number of carboxylic acids is 1. The van der Waals surface area contributed by atoms with Gasteiger partial charge in [0.1, 0.15) is 11.9 Å². The van der Waals surface area contributed by atoms with Gasteiger partial charge in [0.15, 0.2) is 0 Å². The predicted molar refractivity (Wildman–Crippen MR) is 126 cm³/mol. The number of nitrogens with zero attached hydrogens (tertiary/aromatic N) is 2. The Kier molecular flexibility index (Phi) is 10.4. The number of aromatic nitrogens is 1. The number of ether oxygens (including phenoxy) is 1. The Morgan fingerprint density at radius 2 is 2.06 bits per heavy atom. The number of nitrogens with one attached hydrogen (secondary N) is 2.